The standard InChI is InChI=1S/C12H26N4O2/c1-11(2,3)7-8(9(13)16-14)15-10(17)18-12(4,5)6/h8H,7,14H2,1-6H3,(H2,13,16)(H,15,17). The fourth-order valence-corrected chi connectivity index (χ4v) is 1.38. The Morgan fingerprint density at radius 1 is 1.28 bits per heavy atom. The SMILES string of the molecule is CC(C)(C)CC(NC(=O)OC(C)(C)C)/C(N)=N/N. The molecule has 0 rings (SSSR count). The third-order valence-electron chi connectivity index (χ3n) is 2.01. The minimum Gasteiger partial charge on any atom is -0.444 e. The molecule has 6 heteroatoms. The molecule has 0 heterocycles. The van der Waals surface area contributed by atoms with Crippen LogP contribution in [0.4, 0.5) is 4.79 Å². The van der Waals surface area contributed by atoms with E-state index in [1.807, 2.05) is 20.8 Å². The Kier molecular flexibility index (Phi) is 5.45. The third-order valence-corrected chi connectivity index (χ3v) is 2.01. The summed E-state index contributed by atoms with van der Waals surface area (Å²) >= 11 is 0. The molecule has 0 aromatic rings. The molecule has 0 aliphatic carbocycles. The van der Waals surface area contributed by atoms with Gasteiger partial charge in [-0.1, -0.05) is 20.8 Å². The van der Waals surface area contributed by atoms with Crippen LogP contribution in [-0.4, -0.2) is 23.6 Å². The second-order valence-electron chi connectivity index (χ2n) is 6.52. The topological polar surface area (TPSA) is 103 Å². The van der Waals surface area contributed by atoms with Crippen molar-refractivity contribution in [3.8, 4) is 0 Å². The molecular weight excluding hydrogens is 232 g/mol. The summed E-state index contributed by atoms with van der Waals surface area (Å²) in [5.74, 6) is 5.36. The number of alkyl carbamates (subject to hydrolysis) is 1. The van der Waals surface area contributed by atoms with Crippen LogP contribution in [0.3, 0.4) is 0 Å². The predicted octanol–water partition coefficient (Wildman–Crippen LogP) is 1.55. The number of nitrogens with one attached hydrogen (secondary N) is 1. The molecule has 106 valence electrons. The molecule has 0 saturated heterocycles. The maximum atomic E-state index is 11.7. The van der Waals surface area contributed by atoms with Crippen molar-refractivity contribution in [2.24, 2.45) is 22.1 Å². The zero-order valence-corrected chi connectivity index (χ0v) is 12.2. The number of amides is 1. The van der Waals surface area contributed by atoms with Gasteiger partial charge >= 0.3 is 6.09 Å². The van der Waals surface area contributed by atoms with Crippen LogP contribution in [0.5, 0.6) is 0 Å². The van der Waals surface area contributed by atoms with E-state index in [1.165, 1.54) is 0 Å². The number of carbonyl (C=O) groups is 1. The number of rotatable bonds is 3. The highest BCUT2D eigenvalue weighted by molar-refractivity contribution is 5.88. The van der Waals surface area contributed by atoms with Crippen molar-refractivity contribution in [3.05, 3.63) is 0 Å². The number of ether oxygens (including phenoxy) is 1. The second kappa shape index (κ2) is 5.93. The van der Waals surface area contributed by atoms with Crippen molar-refractivity contribution in [1.82, 2.24) is 5.32 Å². The molecule has 1 amide bonds. The first-order valence-electron chi connectivity index (χ1n) is 5.97. The Hall–Kier alpha value is -1.46. The van der Waals surface area contributed by atoms with Crippen molar-refractivity contribution in [1.29, 1.82) is 0 Å². The average Bonchev–Trinajstić information content (AvgIpc) is 2.10. The van der Waals surface area contributed by atoms with E-state index in [4.69, 9.17) is 16.3 Å². The summed E-state index contributed by atoms with van der Waals surface area (Å²) in [6.45, 7) is 11.5. The summed E-state index contributed by atoms with van der Waals surface area (Å²) in [7, 11) is 0. The molecule has 18 heavy (non-hydrogen) atoms. The number of nitrogens with zero attached hydrogens (tertiary/aromatic N) is 1. The highest BCUT2D eigenvalue weighted by Crippen LogP contribution is 2.21. The van der Waals surface area contributed by atoms with Gasteiger partial charge in [-0.05, 0) is 32.6 Å². The lowest BCUT2D eigenvalue weighted by Crippen LogP contribution is -2.48. The van der Waals surface area contributed by atoms with Crippen molar-refractivity contribution < 1.29 is 9.53 Å². The fraction of sp³-hybridized carbons (Fsp3) is 0.833. The molecule has 0 radical (unpaired) electrons. The first-order valence-corrected chi connectivity index (χ1v) is 5.97. The average molecular weight is 258 g/mol. The summed E-state index contributed by atoms with van der Waals surface area (Å²) in [6, 6.07) is -0.426. The smallest absolute Gasteiger partial charge is 0.408 e. The number of hydrogen-bond donors (Lipinski definition) is 3. The van der Waals surface area contributed by atoms with Crippen LogP contribution < -0.4 is 16.9 Å². The van der Waals surface area contributed by atoms with E-state index in [9.17, 15) is 4.79 Å². The van der Waals surface area contributed by atoms with Gasteiger partial charge in [-0.2, -0.15) is 5.10 Å². The summed E-state index contributed by atoms with van der Waals surface area (Å²) in [5, 5.41) is 6.13. The van der Waals surface area contributed by atoms with Gasteiger partial charge in [-0.25, -0.2) is 4.79 Å². The Morgan fingerprint density at radius 3 is 2.11 bits per heavy atom. The second-order valence-corrected chi connectivity index (χ2v) is 6.52. The normalized spacial score (nSPS) is 15.1. The van der Waals surface area contributed by atoms with Crippen LogP contribution in [0.15, 0.2) is 5.10 Å². The summed E-state index contributed by atoms with van der Waals surface area (Å²) in [6.07, 6.45) is 0.0991. The molecule has 0 bridgehead atoms. The van der Waals surface area contributed by atoms with Gasteiger partial charge in [0.05, 0.1) is 6.04 Å². The zero-order chi connectivity index (χ0) is 14.6. The molecule has 0 fully saturated rings. The maximum Gasteiger partial charge on any atom is 0.408 e. The monoisotopic (exact) mass is 258 g/mol. The largest absolute Gasteiger partial charge is 0.444 e. The van der Waals surface area contributed by atoms with E-state index in [0.717, 1.165) is 0 Å². The molecule has 1 unspecified atom stereocenters. The quantitative estimate of drug-likeness (QED) is 0.309. The van der Waals surface area contributed by atoms with Crippen LogP contribution in [-0.2, 0) is 4.74 Å². The van der Waals surface area contributed by atoms with Gasteiger partial charge in [-0.15, -0.1) is 0 Å². The van der Waals surface area contributed by atoms with Crippen molar-refractivity contribution in [2.75, 3.05) is 0 Å². The number of hydrazone groups is 1. The highest BCUT2D eigenvalue weighted by atomic mass is 16.6. The Morgan fingerprint density at radius 2 is 1.78 bits per heavy atom. The van der Waals surface area contributed by atoms with Crippen molar-refractivity contribution in [3.63, 3.8) is 0 Å². The highest BCUT2D eigenvalue weighted by Gasteiger charge is 2.25. The van der Waals surface area contributed by atoms with E-state index >= 15 is 0 Å². The minimum absolute atomic E-state index is 0.0189. The molecule has 0 saturated carbocycles. The number of hydrogen-bond acceptors (Lipinski definition) is 4. The van der Waals surface area contributed by atoms with E-state index in [2.05, 4.69) is 10.4 Å². The van der Waals surface area contributed by atoms with Crippen molar-refractivity contribution in [2.45, 2.75) is 59.6 Å². The van der Waals surface area contributed by atoms with Gasteiger partial charge in [0.2, 0.25) is 0 Å². The van der Waals surface area contributed by atoms with E-state index in [-0.39, 0.29) is 11.3 Å². The zero-order valence-electron chi connectivity index (χ0n) is 12.2. The molecule has 0 aliphatic heterocycles. The number of amidine groups is 1. The van der Waals surface area contributed by atoms with Crippen LogP contribution in [0.2, 0.25) is 0 Å². The van der Waals surface area contributed by atoms with Gasteiger partial charge in [-0.3, -0.25) is 0 Å². The van der Waals surface area contributed by atoms with Gasteiger partial charge in [0, 0.05) is 0 Å². The predicted molar refractivity (Wildman–Crippen MR) is 73.0 cm³/mol. The van der Waals surface area contributed by atoms with Gasteiger partial charge in [0.25, 0.3) is 0 Å². The number of carbonyl (C=O) groups excluding carboxylic acids is 1. The molecule has 1 atom stereocenters. The van der Waals surface area contributed by atoms with Gasteiger partial charge < -0.3 is 21.6 Å². The summed E-state index contributed by atoms with van der Waals surface area (Å²) < 4.78 is 5.18. The molecule has 0 aromatic carbocycles. The van der Waals surface area contributed by atoms with Crippen LogP contribution in [0.25, 0.3) is 0 Å². The lowest BCUT2D eigenvalue weighted by atomic mass is 9.88. The van der Waals surface area contributed by atoms with Gasteiger partial charge in [0.1, 0.15) is 11.4 Å². The molecule has 6 nitrogen and oxygen atoms in total. The molecular formula is C12H26N4O2. The third kappa shape index (κ3) is 7.76. The molecule has 0 aliphatic rings. The first-order chi connectivity index (χ1) is 7.94. The lowest BCUT2D eigenvalue weighted by Gasteiger charge is -2.27. The summed E-state index contributed by atoms with van der Waals surface area (Å²) in [4.78, 5) is 11.7. The minimum atomic E-state index is -0.551. The van der Waals surface area contributed by atoms with E-state index < -0.39 is 17.7 Å². The Bertz CT molecular complexity index is 313. The van der Waals surface area contributed by atoms with E-state index in [0.29, 0.717) is 6.42 Å². The Balaban J connectivity index is 4.66. The number of nitrogens with two attached hydrogens (primary N) is 2. The summed E-state index contributed by atoms with van der Waals surface area (Å²) in [5.41, 5.74) is 5.12. The van der Waals surface area contributed by atoms with Crippen LogP contribution in [0, 0.1) is 5.41 Å². The Labute approximate surface area is 109 Å². The maximum absolute atomic E-state index is 11.7. The lowest BCUT2D eigenvalue weighted by molar-refractivity contribution is 0.0510. The van der Waals surface area contributed by atoms with Crippen molar-refractivity contribution >= 4 is 11.9 Å². The molecule has 0 spiro atoms. The van der Waals surface area contributed by atoms with Gasteiger partial charge in [0.15, 0.2) is 0 Å². The van der Waals surface area contributed by atoms with Crippen LogP contribution >= 0.6 is 0 Å². The van der Waals surface area contributed by atoms with E-state index in [1.54, 1.807) is 20.8 Å². The first kappa shape index (κ1) is 16.5. The fourth-order valence-electron chi connectivity index (χ4n) is 1.38. The van der Waals surface area contributed by atoms with Crippen LogP contribution in [0.1, 0.15) is 48.0 Å². The molecule has 5 N–H and O–H groups in total. The molecule has 0 aromatic heterocycles.